The molecule has 0 heterocycles. The molecule has 0 N–H and O–H groups in total. The molecule has 0 aliphatic heterocycles. The van der Waals surface area contributed by atoms with Gasteiger partial charge in [0.15, 0.2) is 0 Å². The molecule has 0 bridgehead atoms. The fraction of sp³-hybridized carbons (Fsp3) is 0.429. The number of nitrogens with zero attached hydrogens (tertiary/aromatic N) is 1. The van der Waals surface area contributed by atoms with Crippen molar-refractivity contribution in [2.24, 2.45) is 0 Å². The molecule has 1 aromatic carbocycles. The van der Waals surface area contributed by atoms with E-state index in [2.05, 4.69) is 76.2 Å². The number of hydrogen-bond donors (Lipinski definition) is 0. The summed E-state index contributed by atoms with van der Waals surface area (Å²) in [6, 6.07) is 11.5. The number of benzene rings is 1. The summed E-state index contributed by atoms with van der Waals surface area (Å²) in [7, 11) is 2.17. The van der Waals surface area contributed by atoms with Crippen molar-refractivity contribution in [1.29, 1.82) is 0 Å². The van der Waals surface area contributed by atoms with Crippen LogP contribution in [0.25, 0.3) is 6.08 Å². The summed E-state index contributed by atoms with van der Waals surface area (Å²) < 4.78 is 0. The van der Waals surface area contributed by atoms with Gasteiger partial charge in [0.05, 0.1) is 0 Å². The Kier molecular flexibility index (Phi) is 5.34. The molecular formula is C14H21BN. The molecule has 0 aliphatic rings. The van der Waals surface area contributed by atoms with E-state index in [9.17, 15) is 0 Å². The van der Waals surface area contributed by atoms with Crippen LogP contribution in [0.2, 0.25) is 0 Å². The van der Waals surface area contributed by atoms with Crippen molar-refractivity contribution in [3.05, 3.63) is 41.9 Å². The molecule has 1 radical (unpaired) electrons. The smallest absolute Gasteiger partial charge is 0.239 e. The SMILES string of the molecule is CC(C)N([B]/C=C/c1ccccc1)C(C)C. The Morgan fingerprint density at radius 2 is 1.56 bits per heavy atom. The van der Waals surface area contributed by atoms with E-state index < -0.39 is 0 Å². The summed E-state index contributed by atoms with van der Waals surface area (Å²) in [4.78, 5) is 2.35. The normalized spacial score (nSPS) is 11.9. The summed E-state index contributed by atoms with van der Waals surface area (Å²) in [5, 5.41) is 0. The minimum atomic E-state index is 0.542. The lowest BCUT2D eigenvalue weighted by atomic mass is 9.86. The van der Waals surface area contributed by atoms with Crippen molar-refractivity contribution in [3.63, 3.8) is 0 Å². The van der Waals surface area contributed by atoms with Crippen LogP contribution in [0.3, 0.4) is 0 Å². The summed E-state index contributed by atoms with van der Waals surface area (Å²) in [5.74, 6) is 2.12. The second kappa shape index (κ2) is 6.54. The highest BCUT2D eigenvalue weighted by molar-refractivity contribution is 6.40. The lowest BCUT2D eigenvalue weighted by molar-refractivity contribution is 0.315. The van der Waals surface area contributed by atoms with E-state index in [0.29, 0.717) is 12.1 Å². The predicted octanol–water partition coefficient (Wildman–Crippen LogP) is 3.40. The molecule has 2 heteroatoms. The van der Waals surface area contributed by atoms with Gasteiger partial charge in [0.2, 0.25) is 7.41 Å². The van der Waals surface area contributed by atoms with Gasteiger partial charge in [-0.3, -0.25) is 0 Å². The zero-order valence-corrected chi connectivity index (χ0v) is 10.7. The van der Waals surface area contributed by atoms with Gasteiger partial charge in [-0.2, -0.15) is 0 Å². The van der Waals surface area contributed by atoms with Gasteiger partial charge >= 0.3 is 0 Å². The first-order valence-corrected chi connectivity index (χ1v) is 5.95. The Labute approximate surface area is 100 Å². The van der Waals surface area contributed by atoms with Gasteiger partial charge < -0.3 is 4.81 Å². The molecule has 1 nitrogen and oxygen atoms in total. The Hall–Kier alpha value is -1.02. The van der Waals surface area contributed by atoms with Crippen molar-refractivity contribution in [2.45, 2.75) is 39.8 Å². The monoisotopic (exact) mass is 214 g/mol. The van der Waals surface area contributed by atoms with E-state index >= 15 is 0 Å². The van der Waals surface area contributed by atoms with E-state index in [-0.39, 0.29) is 0 Å². The Balaban J connectivity index is 2.52. The van der Waals surface area contributed by atoms with Crippen LogP contribution >= 0.6 is 0 Å². The molecule has 85 valence electrons. The topological polar surface area (TPSA) is 3.24 Å². The second-order valence-electron chi connectivity index (χ2n) is 4.55. The fourth-order valence-corrected chi connectivity index (χ4v) is 1.76. The Morgan fingerprint density at radius 3 is 2.06 bits per heavy atom. The van der Waals surface area contributed by atoms with Gasteiger partial charge in [0, 0.05) is 0 Å². The van der Waals surface area contributed by atoms with Crippen LogP contribution in [0.15, 0.2) is 36.3 Å². The highest BCUT2D eigenvalue weighted by Crippen LogP contribution is 2.05. The maximum atomic E-state index is 2.35. The van der Waals surface area contributed by atoms with Gasteiger partial charge in [-0.15, -0.1) is 5.98 Å². The molecule has 0 unspecified atom stereocenters. The molecule has 0 atom stereocenters. The van der Waals surface area contributed by atoms with Gasteiger partial charge in [-0.25, -0.2) is 0 Å². The molecule has 1 rings (SSSR count). The van der Waals surface area contributed by atoms with Crippen molar-refractivity contribution < 1.29 is 0 Å². The van der Waals surface area contributed by atoms with Gasteiger partial charge in [-0.05, 0) is 17.6 Å². The lowest BCUT2D eigenvalue weighted by Gasteiger charge is -2.28. The maximum absolute atomic E-state index is 2.35. The third-order valence-electron chi connectivity index (χ3n) is 2.54. The number of rotatable bonds is 5. The second-order valence-corrected chi connectivity index (χ2v) is 4.55. The van der Waals surface area contributed by atoms with Gasteiger partial charge in [0.25, 0.3) is 0 Å². The zero-order valence-electron chi connectivity index (χ0n) is 10.7. The van der Waals surface area contributed by atoms with E-state index in [0.717, 1.165) is 0 Å². The largest absolute Gasteiger partial charge is 0.338 e. The van der Waals surface area contributed by atoms with Crippen LogP contribution in [-0.4, -0.2) is 24.3 Å². The quantitative estimate of drug-likeness (QED) is 0.679. The first-order valence-electron chi connectivity index (χ1n) is 5.95. The van der Waals surface area contributed by atoms with E-state index in [4.69, 9.17) is 0 Å². The molecule has 0 aliphatic carbocycles. The first kappa shape index (κ1) is 13.1. The fourth-order valence-electron chi connectivity index (χ4n) is 1.76. The molecular weight excluding hydrogens is 193 g/mol. The zero-order chi connectivity index (χ0) is 12.0. The van der Waals surface area contributed by atoms with Crippen LogP contribution in [0.4, 0.5) is 0 Å². The molecule has 1 aromatic rings. The summed E-state index contributed by atoms with van der Waals surface area (Å²) >= 11 is 0. The third-order valence-corrected chi connectivity index (χ3v) is 2.54. The standard InChI is InChI=1S/C14H21BN/c1-12(2)16(13(3)4)15-11-10-14-8-6-5-7-9-14/h5-13H,1-4H3/b11-10+. The van der Waals surface area contributed by atoms with Crippen LogP contribution < -0.4 is 0 Å². The first-order chi connectivity index (χ1) is 7.61. The number of hydrogen-bond acceptors (Lipinski definition) is 1. The van der Waals surface area contributed by atoms with E-state index in [1.807, 2.05) is 6.07 Å². The molecule has 16 heavy (non-hydrogen) atoms. The van der Waals surface area contributed by atoms with Gasteiger partial charge in [0.1, 0.15) is 0 Å². The van der Waals surface area contributed by atoms with E-state index in [1.165, 1.54) is 5.56 Å². The molecule has 0 amide bonds. The average Bonchev–Trinajstić information content (AvgIpc) is 2.24. The molecule has 0 fully saturated rings. The maximum Gasteiger partial charge on any atom is 0.239 e. The minimum Gasteiger partial charge on any atom is -0.338 e. The van der Waals surface area contributed by atoms with Crippen molar-refractivity contribution in [2.75, 3.05) is 0 Å². The predicted molar refractivity (Wildman–Crippen MR) is 73.3 cm³/mol. The van der Waals surface area contributed by atoms with Crippen molar-refractivity contribution in [3.8, 4) is 0 Å². The summed E-state index contributed by atoms with van der Waals surface area (Å²) in [6.45, 7) is 8.86. The van der Waals surface area contributed by atoms with E-state index in [1.54, 1.807) is 0 Å². The van der Waals surface area contributed by atoms with Crippen LogP contribution in [0.5, 0.6) is 0 Å². The third kappa shape index (κ3) is 4.24. The summed E-state index contributed by atoms with van der Waals surface area (Å²) in [6.07, 6.45) is 2.14. The van der Waals surface area contributed by atoms with Crippen LogP contribution in [-0.2, 0) is 0 Å². The highest BCUT2D eigenvalue weighted by Gasteiger charge is 2.11. The molecule has 0 saturated heterocycles. The highest BCUT2D eigenvalue weighted by atomic mass is 15.1. The van der Waals surface area contributed by atoms with Crippen molar-refractivity contribution >= 4 is 13.5 Å². The molecule has 0 saturated carbocycles. The minimum absolute atomic E-state index is 0.542. The van der Waals surface area contributed by atoms with Gasteiger partial charge in [-0.1, -0.05) is 64.1 Å². The van der Waals surface area contributed by atoms with Crippen LogP contribution in [0.1, 0.15) is 33.3 Å². The molecule has 0 aromatic heterocycles. The van der Waals surface area contributed by atoms with Crippen LogP contribution in [0, 0.1) is 0 Å². The lowest BCUT2D eigenvalue weighted by Crippen LogP contribution is -2.39. The summed E-state index contributed by atoms with van der Waals surface area (Å²) in [5.41, 5.74) is 1.24. The van der Waals surface area contributed by atoms with Crippen molar-refractivity contribution in [1.82, 2.24) is 4.81 Å². The average molecular weight is 214 g/mol. The molecule has 0 spiro atoms. The Morgan fingerprint density at radius 1 is 1.00 bits per heavy atom. The Bertz CT molecular complexity index is 309.